The molecule has 8 aromatic carbocycles. The molecule has 0 aliphatic carbocycles. The van der Waals surface area contributed by atoms with Crippen molar-refractivity contribution in [2.45, 2.75) is 132 Å². The molecular formula is C99H94N8O7. The number of rotatable bonds is 7. The fourth-order valence-electron chi connectivity index (χ4n) is 14.3. The molecule has 17 rings (SSSR count). The lowest BCUT2D eigenvalue weighted by Crippen LogP contribution is -2.11. The van der Waals surface area contributed by atoms with E-state index in [1.54, 1.807) is 6.92 Å². The minimum absolute atomic E-state index is 0.126. The predicted octanol–water partition coefficient (Wildman–Crippen LogP) is 24.7. The summed E-state index contributed by atoms with van der Waals surface area (Å²) < 4.78 is 0. The van der Waals surface area contributed by atoms with E-state index in [-0.39, 0.29) is 51.1 Å². The lowest BCUT2D eigenvalue weighted by atomic mass is 9.83. The zero-order chi connectivity index (χ0) is 81.0. The summed E-state index contributed by atoms with van der Waals surface area (Å²) in [4.78, 5) is 55.8. The average Bonchev–Trinajstić information content (AvgIpc) is 1.14. The van der Waals surface area contributed by atoms with Gasteiger partial charge in [0.25, 0.3) is 0 Å². The molecule has 114 heavy (non-hydrogen) atoms. The van der Waals surface area contributed by atoms with E-state index >= 15 is 0 Å². The lowest BCUT2D eigenvalue weighted by Gasteiger charge is -2.22. The molecule has 0 unspecified atom stereocenters. The molecule has 12 bridgehead atoms. The summed E-state index contributed by atoms with van der Waals surface area (Å²) in [5, 5.41) is 61.6. The maximum Gasteiger partial charge on any atom is 0.303 e. The van der Waals surface area contributed by atoms with Gasteiger partial charge in [-0.3, -0.25) is 9.59 Å². The number of aldehydes is 1. The highest BCUT2D eigenvalue weighted by Crippen LogP contribution is 2.46. The number of aliphatic carboxylic acids is 1. The van der Waals surface area contributed by atoms with E-state index in [1.165, 1.54) is 0 Å². The number of carboxylic acids is 1. The number of phenols is 4. The maximum atomic E-state index is 12.2. The van der Waals surface area contributed by atoms with Crippen molar-refractivity contribution in [3.05, 3.63) is 269 Å². The van der Waals surface area contributed by atoms with Crippen molar-refractivity contribution in [1.82, 2.24) is 39.9 Å². The molecule has 15 heteroatoms. The summed E-state index contributed by atoms with van der Waals surface area (Å²) in [7, 11) is 0. The number of aromatic hydroxyl groups is 4. The number of aromatic nitrogens is 8. The minimum Gasteiger partial charge on any atom is -0.507 e. The van der Waals surface area contributed by atoms with Gasteiger partial charge in [0.2, 0.25) is 0 Å². The van der Waals surface area contributed by atoms with Gasteiger partial charge in [0.1, 0.15) is 29.3 Å². The second kappa shape index (κ2) is 30.4. The highest BCUT2D eigenvalue weighted by molar-refractivity contribution is 6.10. The van der Waals surface area contributed by atoms with Crippen LogP contribution >= 0.6 is 0 Å². The number of aryl methyl sites for hydroxylation is 2. The van der Waals surface area contributed by atoms with Crippen molar-refractivity contribution in [3.8, 4) is 79.2 Å². The van der Waals surface area contributed by atoms with Gasteiger partial charge >= 0.3 is 5.97 Å². The summed E-state index contributed by atoms with van der Waals surface area (Å²) in [6.45, 7) is 31.7. The molecule has 0 atom stereocenters. The average molecular weight is 1510 g/mol. The van der Waals surface area contributed by atoms with Crippen LogP contribution in [-0.2, 0) is 26.5 Å². The van der Waals surface area contributed by atoms with Gasteiger partial charge in [-0.2, -0.15) is 0 Å². The molecule has 0 saturated heterocycles. The summed E-state index contributed by atoms with van der Waals surface area (Å²) in [6.07, 6.45) is 8.82. The third kappa shape index (κ3) is 15.5. The van der Waals surface area contributed by atoms with Crippen LogP contribution in [-0.4, -0.2) is 77.7 Å². The fourth-order valence-corrected chi connectivity index (χ4v) is 14.3. The number of nitrogens with zero attached hydrogens (tertiary/aromatic N) is 5. The Balaban J connectivity index is 0.000000163. The Hall–Kier alpha value is -13.3. The summed E-state index contributed by atoms with van der Waals surface area (Å²) in [6, 6.07) is 68.3. The lowest BCUT2D eigenvalue weighted by molar-refractivity contribution is -0.136. The van der Waals surface area contributed by atoms with Crippen LogP contribution < -0.4 is 0 Å². The van der Waals surface area contributed by atoms with Crippen molar-refractivity contribution in [3.63, 3.8) is 0 Å². The van der Waals surface area contributed by atoms with Crippen LogP contribution in [0.25, 0.3) is 156 Å². The van der Waals surface area contributed by atoms with Gasteiger partial charge in [-0.25, -0.2) is 24.9 Å². The molecule has 0 fully saturated rings. The molecule has 8 aromatic heterocycles. The Labute approximate surface area is 662 Å². The molecule has 15 nitrogen and oxygen atoms in total. The number of fused-ring (bicyclic) bond motifs is 17. The Morgan fingerprint density at radius 3 is 1.20 bits per heavy atom. The first-order valence-electron chi connectivity index (χ1n) is 38.4. The predicted molar refractivity (Wildman–Crippen MR) is 468 cm³/mol. The second-order valence-electron chi connectivity index (χ2n) is 33.5. The van der Waals surface area contributed by atoms with Gasteiger partial charge < -0.3 is 40.5 Å². The van der Waals surface area contributed by atoms with Crippen LogP contribution in [0.15, 0.2) is 219 Å². The summed E-state index contributed by atoms with van der Waals surface area (Å²) in [5.74, 6) is -0.114. The van der Waals surface area contributed by atoms with Crippen molar-refractivity contribution < 1.29 is 35.1 Å². The van der Waals surface area contributed by atoms with E-state index in [2.05, 4.69) is 166 Å². The first-order valence-corrected chi connectivity index (χ1v) is 38.4. The number of carbonyl (C=O) groups excluding carboxylic acids is 1. The molecule has 0 radical (unpaired) electrons. The van der Waals surface area contributed by atoms with E-state index in [4.69, 9.17) is 30.0 Å². The van der Waals surface area contributed by atoms with Crippen molar-refractivity contribution in [2.24, 2.45) is 0 Å². The first kappa shape index (κ1) is 77.5. The Morgan fingerprint density at radius 2 is 0.772 bits per heavy atom. The smallest absolute Gasteiger partial charge is 0.303 e. The van der Waals surface area contributed by atoms with Gasteiger partial charge in [-0.15, -0.1) is 0 Å². The third-order valence-corrected chi connectivity index (χ3v) is 21.3. The minimum atomic E-state index is -0.745. The number of phenolic OH excluding ortho intramolecular Hbond substituents is 4. The van der Waals surface area contributed by atoms with Gasteiger partial charge in [0.05, 0.1) is 55.9 Å². The maximum absolute atomic E-state index is 12.2. The second-order valence-corrected chi connectivity index (χ2v) is 33.5. The summed E-state index contributed by atoms with van der Waals surface area (Å²) >= 11 is 0. The van der Waals surface area contributed by atoms with Gasteiger partial charge in [-0.1, -0.05) is 187 Å². The number of benzene rings is 8. The molecule has 0 amide bonds. The van der Waals surface area contributed by atoms with Crippen LogP contribution in [0.2, 0.25) is 0 Å². The highest BCUT2D eigenvalue weighted by Gasteiger charge is 2.27. The van der Waals surface area contributed by atoms with E-state index < -0.39 is 5.97 Å². The monoisotopic (exact) mass is 1510 g/mol. The molecule has 8 N–H and O–H groups in total. The number of carboxylic acid groups (broad SMARTS) is 1. The van der Waals surface area contributed by atoms with Gasteiger partial charge in [0, 0.05) is 118 Å². The van der Waals surface area contributed by atoms with Crippen LogP contribution in [0.5, 0.6) is 23.0 Å². The highest BCUT2D eigenvalue weighted by atomic mass is 16.4. The Kier molecular flexibility index (Phi) is 20.7. The van der Waals surface area contributed by atoms with Gasteiger partial charge in [0.15, 0.2) is 0 Å². The molecule has 0 spiro atoms. The standard InChI is InChI=1S/C48H42N4O2.C40H38N4O2.C8H8O.C3H6O2/c1-26-10-8-9-11-31(26)42-40-20-18-36(49-40)32-22-29(47(2,3)4)24-34(45(32)53)38-16-14-27-12-13-28-15-17-39(52-44(28)43(27)51-38)35-25-30(48(5,6)7)23-33(46(35)54)37-19-21-41(42)50-37;1-39(2,3)25-19-27(31-9-7-17-41-31)37(45)29(21-25)33-15-13-23-11-12-24-14-16-34(44-36(24)35(23)43-33)30-22-26(40(4,5)6)20-28(38(30)46)32-10-8-18-42-32;1-7-4-2-3-5-8(7)6-9;1-2-3(4)5/h8-25,49,53-54H,1-7H3;7-22,41-42,45-46H,1-6H3;2-6H,1H3;2H2,1H3,(H,4,5). The third-order valence-electron chi connectivity index (χ3n) is 21.3. The molecule has 16 aromatic rings. The van der Waals surface area contributed by atoms with Crippen LogP contribution in [0, 0.1) is 13.8 Å². The number of aromatic amines is 3. The SMILES string of the molecule is CC(C)(C)c1cc(-c2ccc3ccc4ccc(-c5cc(C(C)(C)C)cc(-c6ccc[nH]6)c5O)nc4c3n2)c(O)c(-c2ccc[nH]2)c1.CCC(=O)O.Cc1ccccc1-c1c2nc(c3cc(C(C)(C)C)cc(c3O)c3ccc4ccc5ccc(nc5c4n3)c3cc(C(C)(C)C)cc(c3O)c3ccc1[nH]3)C=C2.Cc1ccccc1C=O. The van der Waals surface area contributed by atoms with Crippen LogP contribution in [0.4, 0.5) is 0 Å². The van der Waals surface area contributed by atoms with Crippen molar-refractivity contribution in [2.75, 3.05) is 0 Å². The molecule has 572 valence electrons. The molecular weight excluding hydrogens is 1410 g/mol. The van der Waals surface area contributed by atoms with E-state index in [9.17, 15) is 30.0 Å². The topological polar surface area (TPSA) is 247 Å². The largest absolute Gasteiger partial charge is 0.507 e. The van der Waals surface area contributed by atoms with Crippen LogP contribution in [0.1, 0.15) is 152 Å². The van der Waals surface area contributed by atoms with E-state index in [0.717, 1.165) is 139 Å². The zero-order valence-corrected chi connectivity index (χ0v) is 67.0. The van der Waals surface area contributed by atoms with E-state index in [1.807, 2.05) is 177 Å². The number of nitrogens with one attached hydrogen (secondary N) is 3. The number of carbonyl (C=O) groups is 2. The number of hydrogen-bond donors (Lipinski definition) is 8. The zero-order valence-electron chi connectivity index (χ0n) is 67.0. The van der Waals surface area contributed by atoms with Crippen molar-refractivity contribution in [1.29, 1.82) is 0 Å². The van der Waals surface area contributed by atoms with Crippen molar-refractivity contribution >= 4 is 112 Å². The fraction of sp³-hybridized carbons (Fsp3) is 0.202. The van der Waals surface area contributed by atoms with Crippen LogP contribution in [0.3, 0.4) is 0 Å². The van der Waals surface area contributed by atoms with Gasteiger partial charge in [-0.05, 0) is 196 Å². The quantitative estimate of drug-likeness (QED) is 0.0548. The Bertz CT molecular complexity index is 6480. The number of H-pyrrole nitrogens is 3. The first-order chi connectivity index (χ1) is 54.2. The molecule has 9 heterocycles. The number of pyridine rings is 4. The summed E-state index contributed by atoms with van der Waals surface area (Å²) in [5.41, 5.74) is 21.6. The number of hydrogen-bond acceptors (Lipinski definition) is 11. The molecule has 1 aliphatic heterocycles. The Morgan fingerprint density at radius 1 is 0.386 bits per heavy atom. The normalized spacial score (nSPS) is 12.1. The van der Waals surface area contributed by atoms with E-state index in [0.29, 0.717) is 60.8 Å². The molecule has 1 aliphatic rings. The molecule has 0 saturated carbocycles.